The van der Waals surface area contributed by atoms with Crippen LogP contribution < -0.4 is 25.8 Å². The van der Waals surface area contributed by atoms with E-state index in [9.17, 15) is 13.6 Å². The number of ether oxygens (including phenoxy) is 1. The van der Waals surface area contributed by atoms with Gasteiger partial charge in [-0.2, -0.15) is 0 Å². The van der Waals surface area contributed by atoms with Crippen LogP contribution in [-0.2, 0) is 4.79 Å². The number of carbonyl (C=O) groups excluding carboxylic acids is 1. The van der Waals surface area contributed by atoms with Gasteiger partial charge >= 0.3 is 0 Å². The molecule has 2 fully saturated rings. The summed E-state index contributed by atoms with van der Waals surface area (Å²) in [7, 11) is 0. The van der Waals surface area contributed by atoms with Gasteiger partial charge in [0, 0.05) is 52.5 Å². The number of pyridine rings is 1. The van der Waals surface area contributed by atoms with E-state index in [4.69, 9.17) is 32.9 Å². The van der Waals surface area contributed by atoms with E-state index in [2.05, 4.69) is 49.7 Å². The second-order valence-corrected chi connectivity index (χ2v) is 12.9. The largest absolute Gasteiger partial charge is 0.490 e. The molecule has 1 amide bonds. The molecule has 5 nitrogen and oxygen atoms in total. The van der Waals surface area contributed by atoms with Gasteiger partial charge in [-0.15, -0.1) is 0 Å². The quantitative estimate of drug-likeness (QED) is 0.192. The Morgan fingerprint density at radius 2 is 1.78 bits per heavy atom. The fourth-order valence-electron chi connectivity index (χ4n) is 5.32. The van der Waals surface area contributed by atoms with Gasteiger partial charge in [0.1, 0.15) is 11.4 Å². The fraction of sp³-hybridized carbons (Fsp3) is 0.444. The van der Waals surface area contributed by atoms with Gasteiger partial charge in [-0.3, -0.25) is 4.79 Å². The van der Waals surface area contributed by atoms with Crippen molar-refractivity contribution in [3.63, 3.8) is 0 Å². The minimum absolute atomic E-state index is 0.0767. The Balaban J connectivity index is 0.000000216. The first-order valence-electron chi connectivity index (χ1n) is 15.8. The number of aromatic nitrogens is 1. The molecule has 2 heterocycles. The summed E-state index contributed by atoms with van der Waals surface area (Å²) < 4.78 is 33.4. The summed E-state index contributed by atoms with van der Waals surface area (Å²) in [5.74, 6) is -0.805. The van der Waals surface area contributed by atoms with E-state index in [-0.39, 0.29) is 16.9 Å². The van der Waals surface area contributed by atoms with E-state index in [1.807, 2.05) is 26.0 Å². The maximum atomic E-state index is 13.9. The maximum absolute atomic E-state index is 13.9. The zero-order valence-corrected chi connectivity index (χ0v) is 28.2. The first-order chi connectivity index (χ1) is 21.6. The van der Waals surface area contributed by atoms with E-state index >= 15 is 0 Å². The summed E-state index contributed by atoms with van der Waals surface area (Å²) in [6.07, 6.45) is 10.8. The average Bonchev–Trinajstić information content (AvgIpc) is 3.94. The van der Waals surface area contributed by atoms with Crippen LogP contribution in [0.15, 0.2) is 30.3 Å². The lowest BCUT2D eigenvalue weighted by atomic mass is 9.93. The minimum atomic E-state index is -1.08. The Labute approximate surface area is 275 Å². The van der Waals surface area contributed by atoms with Crippen molar-refractivity contribution in [2.45, 2.75) is 84.6 Å². The van der Waals surface area contributed by atoms with Gasteiger partial charge in [-0.1, -0.05) is 56.5 Å². The minimum Gasteiger partial charge on any atom is -0.490 e. The summed E-state index contributed by atoms with van der Waals surface area (Å²) in [6, 6.07) is 9.34. The molecule has 45 heavy (non-hydrogen) atoms. The van der Waals surface area contributed by atoms with Gasteiger partial charge in [0.15, 0.2) is 11.6 Å². The third-order valence-electron chi connectivity index (χ3n) is 7.93. The topological polar surface area (TPSA) is 63.2 Å². The number of amides is 1. The van der Waals surface area contributed by atoms with Crippen LogP contribution in [0.1, 0.15) is 88.5 Å². The van der Waals surface area contributed by atoms with Crippen molar-refractivity contribution in [3.05, 3.63) is 79.3 Å². The third kappa shape index (κ3) is 8.98. The highest BCUT2D eigenvalue weighted by molar-refractivity contribution is 6.31. The number of halogens is 4. The first kappa shape index (κ1) is 34.7. The van der Waals surface area contributed by atoms with E-state index in [0.29, 0.717) is 48.5 Å². The van der Waals surface area contributed by atoms with Crippen molar-refractivity contribution < 1.29 is 18.3 Å². The number of hydrogen-bond donors (Lipinski definition) is 2. The van der Waals surface area contributed by atoms with E-state index in [1.165, 1.54) is 36.1 Å². The van der Waals surface area contributed by atoms with Crippen LogP contribution in [0, 0.1) is 24.5 Å². The molecule has 2 saturated carbocycles. The summed E-state index contributed by atoms with van der Waals surface area (Å²) in [4.78, 5) is 15.5. The van der Waals surface area contributed by atoms with Crippen molar-refractivity contribution in [1.29, 1.82) is 0 Å². The predicted molar refractivity (Wildman–Crippen MR) is 180 cm³/mol. The molecule has 3 aromatic rings. The van der Waals surface area contributed by atoms with Gasteiger partial charge in [0.2, 0.25) is 6.41 Å². The van der Waals surface area contributed by atoms with Gasteiger partial charge < -0.3 is 15.4 Å². The fourth-order valence-corrected chi connectivity index (χ4v) is 5.91. The third-order valence-corrected chi connectivity index (χ3v) is 8.51. The van der Waals surface area contributed by atoms with Crippen molar-refractivity contribution in [3.8, 4) is 17.0 Å². The molecule has 0 saturated heterocycles. The lowest BCUT2D eigenvalue weighted by Gasteiger charge is -2.19. The zero-order chi connectivity index (χ0) is 32.7. The molecule has 1 aliphatic heterocycles. The summed E-state index contributed by atoms with van der Waals surface area (Å²) in [6.45, 7) is 11.4. The molecular formula is C36H43Cl2F2N3O2. The molecule has 3 aliphatic rings. The molecule has 2 unspecified atom stereocenters. The van der Waals surface area contributed by atoms with Crippen molar-refractivity contribution >= 4 is 41.9 Å². The molecule has 0 bridgehead atoms. The number of benzene rings is 2. The van der Waals surface area contributed by atoms with Crippen LogP contribution in [-0.4, -0.2) is 30.6 Å². The molecule has 2 aromatic carbocycles. The molecule has 2 aliphatic carbocycles. The van der Waals surface area contributed by atoms with Crippen LogP contribution in [0.5, 0.6) is 5.75 Å². The SMILES string of the molecule is C/C=c1\c(Cl)cc(C)c\c1=C\NC1CC1.CC1COc2c1cc(C(CNC=O)C1CC1)nc2-c1cc(F)c(F)c(Cl)c1.CCC. The highest BCUT2D eigenvalue weighted by Gasteiger charge is 2.35. The normalized spacial score (nSPS) is 18.1. The molecule has 2 atom stereocenters. The standard InChI is InChI=1S/C20H19ClF2N2O2.C13H16ClN.C3H8/c1-10-8-27-20-13(10)6-17(14(7-24-9-26)11-2-3-11)25-19(20)12-4-15(21)18(23)16(22)5-12;1-3-12-10(8-15-11-4-5-11)6-9(2)7-13(12)14;1-3-2/h4-6,9-11,14H,2-3,7-8H2,1H3,(H,24,26);3,6-8,11,15H,4-5H2,1-2H3;3H2,1-2H3/b;10-8-,12-3-;. The summed E-state index contributed by atoms with van der Waals surface area (Å²) in [5, 5.41) is 9.00. The van der Waals surface area contributed by atoms with Crippen molar-refractivity contribution in [1.82, 2.24) is 15.6 Å². The number of rotatable bonds is 8. The Morgan fingerprint density at radius 3 is 2.38 bits per heavy atom. The lowest BCUT2D eigenvalue weighted by molar-refractivity contribution is -0.109. The first-order valence-corrected chi connectivity index (χ1v) is 16.6. The molecule has 242 valence electrons. The zero-order valence-electron chi connectivity index (χ0n) is 26.7. The van der Waals surface area contributed by atoms with Gasteiger partial charge in [0.25, 0.3) is 0 Å². The molecule has 2 N–H and O–H groups in total. The number of nitrogens with zero attached hydrogens (tertiary/aromatic N) is 1. The molecule has 6 rings (SSSR count). The van der Waals surface area contributed by atoms with Gasteiger partial charge in [0.05, 0.1) is 11.6 Å². The van der Waals surface area contributed by atoms with E-state index < -0.39 is 11.6 Å². The van der Waals surface area contributed by atoms with Crippen LogP contribution in [0.4, 0.5) is 8.78 Å². The van der Waals surface area contributed by atoms with Gasteiger partial charge in [-0.25, -0.2) is 13.8 Å². The Morgan fingerprint density at radius 1 is 1.07 bits per heavy atom. The van der Waals surface area contributed by atoms with E-state index in [1.54, 1.807) is 0 Å². The highest BCUT2D eigenvalue weighted by atomic mass is 35.5. The Kier molecular flexibility index (Phi) is 12.3. The maximum Gasteiger partial charge on any atom is 0.207 e. The van der Waals surface area contributed by atoms with Crippen molar-refractivity contribution in [2.75, 3.05) is 13.2 Å². The number of aryl methyl sites for hydroxylation is 1. The van der Waals surface area contributed by atoms with Crippen LogP contribution >= 0.6 is 23.2 Å². The highest BCUT2D eigenvalue weighted by Crippen LogP contribution is 2.47. The van der Waals surface area contributed by atoms with Crippen molar-refractivity contribution in [2.24, 2.45) is 5.92 Å². The monoisotopic (exact) mass is 657 g/mol. The van der Waals surface area contributed by atoms with E-state index in [0.717, 1.165) is 40.4 Å². The second kappa shape index (κ2) is 15.9. The number of hydrogen-bond acceptors (Lipinski definition) is 4. The molecule has 9 heteroatoms. The van der Waals surface area contributed by atoms with Crippen LogP contribution in [0.2, 0.25) is 10.0 Å². The molecule has 0 radical (unpaired) electrons. The lowest BCUT2D eigenvalue weighted by Crippen LogP contribution is -2.29. The second-order valence-electron chi connectivity index (χ2n) is 12.1. The summed E-state index contributed by atoms with van der Waals surface area (Å²) in [5.41, 5.74) is 3.87. The number of carbonyl (C=O) groups is 1. The average molecular weight is 659 g/mol. The molecule has 1 aromatic heterocycles. The summed E-state index contributed by atoms with van der Waals surface area (Å²) >= 11 is 12.0. The van der Waals surface area contributed by atoms with Gasteiger partial charge in [-0.05, 0) is 91.8 Å². The number of nitrogens with one attached hydrogen (secondary N) is 2. The molecular weight excluding hydrogens is 615 g/mol. The van der Waals surface area contributed by atoms with Crippen LogP contribution in [0.25, 0.3) is 23.5 Å². The predicted octanol–water partition coefficient (Wildman–Crippen LogP) is 7.77. The smallest absolute Gasteiger partial charge is 0.207 e. The van der Waals surface area contributed by atoms with Crippen LogP contribution in [0.3, 0.4) is 0 Å². The Bertz CT molecular complexity index is 1600. The Hall–Kier alpha value is -3.16. The number of fused-ring (bicyclic) bond motifs is 1. The molecule has 0 spiro atoms.